The first-order valence-corrected chi connectivity index (χ1v) is 12.7. The highest BCUT2D eigenvalue weighted by molar-refractivity contribution is 6.33. The lowest BCUT2D eigenvalue weighted by atomic mass is 10.1. The fourth-order valence-corrected chi connectivity index (χ4v) is 4.28. The molecule has 1 heterocycles. The van der Waals surface area contributed by atoms with Crippen LogP contribution in [0.1, 0.15) is 27.6 Å². The zero-order valence-corrected chi connectivity index (χ0v) is 21.9. The fraction of sp³-hybridized carbons (Fsp3) is 0.0645. The van der Waals surface area contributed by atoms with Gasteiger partial charge in [-0.3, -0.25) is 4.79 Å². The smallest absolute Gasteiger partial charge is 0.416 e. The molecular weight excluding hydrogens is 555 g/mol. The molecule has 1 atom stereocenters. The Morgan fingerprint density at radius 2 is 1.46 bits per heavy atom. The molecule has 206 valence electrons. The molecule has 5 rings (SSSR count). The van der Waals surface area contributed by atoms with Crippen LogP contribution < -0.4 is 5.32 Å². The van der Waals surface area contributed by atoms with Crippen molar-refractivity contribution in [1.29, 1.82) is 0 Å². The lowest BCUT2D eigenvalue weighted by Gasteiger charge is -2.19. The average Bonchev–Trinajstić information content (AvgIpc) is 3.43. The van der Waals surface area contributed by atoms with Gasteiger partial charge in [0, 0.05) is 17.3 Å². The van der Waals surface area contributed by atoms with Crippen LogP contribution in [0.15, 0.2) is 115 Å². The molecule has 4 aromatic carbocycles. The molecule has 0 spiro atoms. The Morgan fingerprint density at radius 1 is 0.854 bits per heavy atom. The second-order valence-corrected chi connectivity index (χ2v) is 9.32. The van der Waals surface area contributed by atoms with Crippen molar-refractivity contribution >= 4 is 29.2 Å². The summed E-state index contributed by atoms with van der Waals surface area (Å²) in [6, 6.07) is 28.8. The van der Waals surface area contributed by atoms with Crippen molar-refractivity contribution in [3.8, 4) is 16.9 Å². The largest absolute Gasteiger partial charge is 0.444 e. The van der Waals surface area contributed by atoms with E-state index in [1.807, 2.05) is 36.4 Å². The number of nitrogens with one attached hydrogen (secondary N) is 1. The van der Waals surface area contributed by atoms with Crippen molar-refractivity contribution in [2.75, 3.05) is 5.32 Å². The van der Waals surface area contributed by atoms with Crippen LogP contribution >= 0.6 is 11.6 Å². The van der Waals surface area contributed by atoms with Crippen LogP contribution in [0.4, 0.5) is 18.9 Å². The molecule has 1 aromatic heterocycles. The topological polar surface area (TPSA) is 73.2 Å². The van der Waals surface area contributed by atoms with Gasteiger partial charge < -0.3 is 10.1 Å². The quantitative estimate of drug-likeness (QED) is 0.201. The van der Waals surface area contributed by atoms with Gasteiger partial charge in [-0.15, -0.1) is 0 Å². The van der Waals surface area contributed by atoms with E-state index in [9.17, 15) is 22.8 Å². The van der Waals surface area contributed by atoms with Crippen molar-refractivity contribution in [3.63, 3.8) is 0 Å². The molecule has 0 fully saturated rings. The van der Waals surface area contributed by atoms with Crippen LogP contribution in [0.2, 0.25) is 5.02 Å². The number of carbonyl (C=O) groups is 2. The summed E-state index contributed by atoms with van der Waals surface area (Å²) in [5.41, 5.74) is 0.791. The molecule has 0 aliphatic heterocycles. The molecule has 6 nitrogen and oxygen atoms in total. The number of esters is 1. The molecular formula is C31H21ClF3N3O3. The summed E-state index contributed by atoms with van der Waals surface area (Å²) >= 11 is 6.09. The minimum atomic E-state index is -4.65. The third kappa shape index (κ3) is 6.31. The lowest BCUT2D eigenvalue weighted by Crippen LogP contribution is -2.26. The Hall–Kier alpha value is -4.89. The highest BCUT2D eigenvalue weighted by Crippen LogP contribution is 2.35. The van der Waals surface area contributed by atoms with Gasteiger partial charge in [-0.1, -0.05) is 90.5 Å². The number of carbonyl (C=O) groups excluding carboxylic acids is 2. The molecule has 0 bridgehead atoms. The maximum Gasteiger partial charge on any atom is 0.416 e. The van der Waals surface area contributed by atoms with Crippen LogP contribution in [-0.4, -0.2) is 21.7 Å². The molecule has 0 saturated heterocycles. The lowest BCUT2D eigenvalue weighted by molar-refractivity contribution is -0.137. The number of amides is 1. The average molecular weight is 576 g/mol. The van der Waals surface area contributed by atoms with Crippen molar-refractivity contribution in [1.82, 2.24) is 9.78 Å². The van der Waals surface area contributed by atoms with Gasteiger partial charge in [0.2, 0.25) is 6.10 Å². The van der Waals surface area contributed by atoms with Crippen LogP contribution in [0, 0.1) is 0 Å². The maximum absolute atomic E-state index is 13.6. The summed E-state index contributed by atoms with van der Waals surface area (Å²) in [5, 5.41) is 6.88. The SMILES string of the molecule is O=C(O[C@@H](C(=O)Nc1cc(C(F)(F)F)ccc1Cl)c1ccccc1)c1cn(-c2ccccc2)nc1-c1ccccc1. The highest BCUT2D eigenvalue weighted by Gasteiger charge is 2.33. The summed E-state index contributed by atoms with van der Waals surface area (Å²) in [6.07, 6.45) is -4.66. The normalized spacial score (nSPS) is 12.0. The summed E-state index contributed by atoms with van der Waals surface area (Å²) in [4.78, 5) is 27.1. The molecule has 5 aromatic rings. The second kappa shape index (κ2) is 11.7. The van der Waals surface area contributed by atoms with E-state index in [2.05, 4.69) is 10.4 Å². The van der Waals surface area contributed by atoms with Gasteiger partial charge in [0.15, 0.2) is 0 Å². The Balaban J connectivity index is 1.50. The predicted molar refractivity (Wildman–Crippen MR) is 149 cm³/mol. The first kappa shape index (κ1) is 27.7. The maximum atomic E-state index is 13.6. The molecule has 0 radical (unpaired) electrons. The number of nitrogens with zero attached hydrogens (tertiary/aromatic N) is 2. The van der Waals surface area contributed by atoms with Gasteiger partial charge in [0.05, 0.1) is 22.0 Å². The van der Waals surface area contributed by atoms with Crippen molar-refractivity contribution in [3.05, 3.63) is 137 Å². The highest BCUT2D eigenvalue weighted by atomic mass is 35.5. The Morgan fingerprint density at radius 3 is 2.10 bits per heavy atom. The van der Waals surface area contributed by atoms with Gasteiger partial charge in [0.1, 0.15) is 11.3 Å². The molecule has 41 heavy (non-hydrogen) atoms. The van der Waals surface area contributed by atoms with Crippen LogP contribution in [0.5, 0.6) is 0 Å². The number of ether oxygens (including phenoxy) is 1. The number of aromatic nitrogens is 2. The minimum absolute atomic E-state index is 0.0888. The zero-order chi connectivity index (χ0) is 29.0. The number of para-hydroxylation sites is 1. The first-order valence-electron chi connectivity index (χ1n) is 12.3. The van der Waals surface area contributed by atoms with Gasteiger partial charge >= 0.3 is 12.1 Å². The van der Waals surface area contributed by atoms with E-state index in [1.165, 1.54) is 10.9 Å². The summed E-state index contributed by atoms with van der Waals surface area (Å²) < 4.78 is 47.1. The van der Waals surface area contributed by atoms with Gasteiger partial charge in [-0.2, -0.15) is 18.3 Å². The van der Waals surface area contributed by atoms with E-state index in [0.717, 1.165) is 18.2 Å². The standard InChI is InChI=1S/C31H21ClF3N3O3/c32-25-17-16-22(31(33,34)35)18-26(25)36-29(39)28(21-12-6-2-7-13-21)41-30(40)24-19-38(23-14-8-3-9-15-23)37-27(24)20-10-4-1-5-11-20/h1-19,28H,(H,36,39)/t28-/m1/s1. The van der Waals surface area contributed by atoms with Crippen molar-refractivity contribution < 1.29 is 27.5 Å². The van der Waals surface area contributed by atoms with Crippen LogP contribution in [-0.2, 0) is 15.7 Å². The minimum Gasteiger partial charge on any atom is -0.444 e. The summed E-state index contributed by atoms with van der Waals surface area (Å²) in [5.74, 6) is -1.74. The van der Waals surface area contributed by atoms with E-state index in [-0.39, 0.29) is 16.3 Å². The van der Waals surface area contributed by atoms with Crippen molar-refractivity contribution in [2.24, 2.45) is 0 Å². The molecule has 10 heteroatoms. The van der Waals surface area contributed by atoms with Gasteiger partial charge in [0.25, 0.3) is 5.91 Å². The van der Waals surface area contributed by atoms with E-state index < -0.39 is 29.7 Å². The van der Waals surface area contributed by atoms with E-state index in [1.54, 1.807) is 54.6 Å². The number of halogens is 4. The van der Waals surface area contributed by atoms with E-state index >= 15 is 0 Å². The predicted octanol–water partition coefficient (Wildman–Crippen LogP) is 7.75. The number of anilines is 1. The first-order chi connectivity index (χ1) is 19.7. The number of alkyl halides is 3. The van der Waals surface area contributed by atoms with Gasteiger partial charge in [-0.05, 0) is 30.3 Å². The molecule has 1 N–H and O–H groups in total. The fourth-order valence-electron chi connectivity index (χ4n) is 4.11. The molecule has 0 saturated carbocycles. The second-order valence-electron chi connectivity index (χ2n) is 8.92. The van der Waals surface area contributed by atoms with Crippen LogP contribution in [0.3, 0.4) is 0 Å². The number of hydrogen-bond donors (Lipinski definition) is 1. The summed E-state index contributed by atoms with van der Waals surface area (Å²) in [6.45, 7) is 0. The zero-order valence-electron chi connectivity index (χ0n) is 21.2. The molecule has 0 aliphatic rings. The number of hydrogen-bond acceptors (Lipinski definition) is 4. The van der Waals surface area contributed by atoms with E-state index in [4.69, 9.17) is 16.3 Å². The Labute approximate surface area is 238 Å². The summed E-state index contributed by atoms with van der Waals surface area (Å²) in [7, 11) is 0. The van der Waals surface area contributed by atoms with Crippen LogP contribution in [0.25, 0.3) is 16.9 Å². The number of benzene rings is 4. The Kier molecular flexibility index (Phi) is 7.89. The third-order valence-corrected chi connectivity index (χ3v) is 6.45. The van der Waals surface area contributed by atoms with Crippen molar-refractivity contribution in [2.45, 2.75) is 12.3 Å². The molecule has 0 aliphatic carbocycles. The third-order valence-electron chi connectivity index (χ3n) is 6.12. The van der Waals surface area contributed by atoms with Gasteiger partial charge in [-0.25, -0.2) is 9.48 Å². The molecule has 1 amide bonds. The molecule has 0 unspecified atom stereocenters. The monoisotopic (exact) mass is 575 g/mol. The Bertz CT molecular complexity index is 1680. The van der Waals surface area contributed by atoms with E-state index in [0.29, 0.717) is 22.5 Å². The number of rotatable bonds is 7.